The second-order valence-electron chi connectivity index (χ2n) is 10.9. The number of carbonyl (C=O) groups is 1. The van der Waals surface area contributed by atoms with Crippen LogP contribution in [0.15, 0.2) is 54.6 Å². The molecule has 3 aliphatic rings. The summed E-state index contributed by atoms with van der Waals surface area (Å²) in [6.45, 7) is 7.54. The minimum Gasteiger partial charge on any atom is -0.467 e. The van der Waals surface area contributed by atoms with Gasteiger partial charge < -0.3 is 28.9 Å². The summed E-state index contributed by atoms with van der Waals surface area (Å²) in [6.07, 6.45) is 6.71. The van der Waals surface area contributed by atoms with Gasteiger partial charge >= 0.3 is 6.01 Å². The predicted octanol–water partition coefficient (Wildman–Crippen LogP) is 4.55. The highest BCUT2D eigenvalue weighted by Crippen LogP contribution is 2.37. The molecule has 0 aliphatic carbocycles. The summed E-state index contributed by atoms with van der Waals surface area (Å²) >= 11 is 0. The fourth-order valence-corrected chi connectivity index (χ4v) is 5.68. The SMILES string of the molecule is CC#N.CN1CCCC1.COC/C=C/C(=O)N1CCN(c2nc(OC)nc3c2COC(c2cccc4ccccc24)C3)CC1. The number of hydrogen-bond donors (Lipinski definition) is 0. The molecule has 3 aromatic rings. The third-order valence-electron chi connectivity index (χ3n) is 7.95. The van der Waals surface area contributed by atoms with Gasteiger partial charge in [-0.25, -0.2) is 0 Å². The molecule has 1 aromatic heterocycles. The van der Waals surface area contributed by atoms with E-state index in [0.29, 0.717) is 51.8 Å². The molecule has 1 atom stereocenters. The third kappa shape index (κ3) is 8.53. The Labute approximate surface area is 260 Å². The van der Waals surface area contributed by atoms with Crippen molar-refractivity contribution >= 4 is 22.5 Å². The Bertz CT molecular complexity index is 1440. The van der Waals surface area contributed by atoms with Crippen LogP contribution in [-0.2, 0) is 27.3 Å². The second kappa shape index (κ2) is 16.7. The number of carbonyl (C=O) groups excluding carboxylic acids is 1. The summed E-state index contributed by atoms with van der Waals surface area (Å²) in [5.74, 6) is 0.843. The van der Waals surface area contributed by atoms with Crippen molar-refractivity contribution in [3.63, 3.8) is 0 Å². The molecule has 234 valence electrons. The van der Waals surface area contributed by atoms with Crippen molar-refractivity contribution < 1.29 is 19.0 Å². The lowest BCUT2D eigenvalue weighted by Crippen LogP contribution is -2.49. The highest BCUT2D eigenvalue weighted by Gasteiger charge is 2.30. The molecule has 6 rings (SSSR count). The minimum atomic E-state index is -0.0885. The smallest absolute Gasteiger partial charge is 0.318 e. The van der Waals surface area contributed by atoms with Crippen molar-refractivity contribution in [1.29, 1.82) is 5.26 Å². The normalized spacial score (nSPS) is 18.1. The molecule has 1 amide bonds. The molecule has 10 nitrogen and oxygen atoms in total. The molecule has 10 heteroatoms. The molecule has 4 heterocycles. The number of anilines is 1. The van der Waals surface area contributed by atoms with E-state index < -0.39 is 0 Å². The van der Waals surface area contributed by atoms with Gasteiger partial charge in [-0.1, -0.05) is 48.5 Å². The number of nitrogens with zero attached hydrogens (tertiary/aromatic N) is 6. The minimum absolute atomic E-state index is 0.00487. The van der Waals surface area contributed by atoms with Crippen LogP contribution in [-0.4, -0.2) is 92.8 Å². The van der Waals surface area contributed by atoms with E-state index in [4.69, 9.17) is 24.5 Å². The van der Waals surface area contributed by atoms with Crippen LogP contribution >= 0.6 is 0 Å². The topological polar surface area (TPSA) is 104 Å². The summed E-state index contributed by atoms with van der Waals surface area (Å²) in [6, 6.07) is 16.8. The molecule has 0 bridgehead atoms. The zero-order valence-electron chi connectivity index (χ0n) is 26.4. The van der Waals surface area contributed by atoms with Crippen LogP contribution in [0.4, 0.5) is 5.82 Å². The summed E-state index contributed by atoms with van der Waals surface area (Å²) in [5.41, 5.74) is 3.13. The van der Waals surface area contributed by atoms with E-state index in [1.807, 2.05) is 4.90 Å². The van der Waals surface area contributed by atoms with E-state index in [0.717, 1.165) is 17.1 Å². The van der Waals surface area contributed by atoms with Crippen molar-refractivity contribution in [2.75, 3.05) is 72.0 Å². The zero-order valence-corrected chi connectivity index (χ0v) is 26.4. The number of hydrogen-bond acceptors (Lipinski definition) is 9. The van der Waals surface area contributed by atoms with Crippen LogP contribution in [0.5, 0.6) is 6.01 Å². The van der Waals surface area contributed by atoms with Gasteiger partial charge in [-0.3, -0.25) is 4.79 Å². The van der Waals surface area contributed by atoms with Crippen LogP contribution in [0.2, 0.25) is 0 Å². The second-order valence-corrected chi connectivity index (χ2v) is 10.9. The number of amides is 1. The number of methoxy groups -OCH3 is 2. The quantitative estimate of drug-likeness (QED) is 0.377. The Kier molecular flexibility index (Phi) is 12.5. The first-order valence-corrected chi connectivity index (χ1v) is 15.2. The van der Waals surface area contributed by atoms with Gasteiger partial charge in [0.1, 0.15) is 5.82 Å². The van der Waals surface area contributed by atoms with Crippen molar-refractivity contribution in [2.24, 2.45) is 0 Å². The van der Waals surface area contributed by atoms with Gasteiger partial charge in [0.05, 0.1) is 38.2 Å². The molecule has 0 spiro atoms. The van der Waals surface area contributed by atoms with E-state index in [1.165, 1.54) is 49.2 Å². The standard InChI is InChI=1S/C27H30N4O4.C5H11N.C2H3N/c1-33-16-6-11-25(32)30-12-14-31(15-13-30)26-22-18-35-24(17-23(22)28-27(29-26)34-2)21-10-5-8-19-7-3-4-9-20(19)21;1-6-4-2-3-5-6;1-2-3/h3-11,24H,12-18H2,1-2H3;2-5H2,1H3;1H3/b11-6+;;. The van der Waals surface area contributed by atoms with Crippen LogP contribution in [0.3, 0.4) is 0 Å². The summed E-state index contributed by atoms with van der Waals surface area (Å²) in [5, 5.41) is 9.72. The maximum Gasteiger partial charge on any atom is 0.318 e. The Morgan fingerprint density at radius 3 is 2.41 bits per heavy atom. The van der Waals surface area contributed by atoms with Crippen molar-refractivity contribution in [2.45, 2.75) is 38.9 Å². The van der Waals surface area contributed by atoms with Crippen molar-refractivity contribution in [3.05, 3.63) is 71.4 Å². The van der Waals surface area contributed by atoms with E-state index in [1.54, 1.807) is 32.4 Å². The largest absolute Gasteiger partial charge is 0.467 e. The molecule has 0 saturated carbocycles. The van der Waals surface area contributed by atoms with Crippen LogP contribution in [0.25, 0.3) is 10.8 Å². The average molecular weight is 601 g/mol. The number of likely N-dealkylation sites (tertiary alicyclic amines) is 1. The Morgan fingerprint density at radius 2 is 1.75 bits per heavy atom. The molecule has 2 aromatic carbocycles. The molecule has 0 radical (unpaired) electrons. The molecular weight excluding hydrogens is 556 g/mol. The van der Waals surface area contributed by atoms with E-state index in [2.05, 4.69) is 64.3 Å². The first-order chi connectivity index (χ1) is 21.5. The maximum atomic E-state index is 12.4. The molecule has 0 N–H and O–H groups in total. The number of ether oxygens (including phenoxy) is 3. The van der Waals surface area contributed by atoms with E-state index >= 15 is 0 Å². The zero-order chi connectivity index (χ0) is 31.3. The molecule has 2 saturated heterocycles. The van der Waals surface area contributed by atoms with E-state index in [9.17, 15) is 4.79 Å². The number of aromatic nitrogens is 2. The number of rotatable bonds is 6. The Hall–Kier alpha value is -4.04. The average Bonchev–Trinajstić information content (AvgIpc) is 3.55. The molecule has 2 fully saturated rings. The van der Waals surface area contributed by atoms with Gasteiger partial charge in [-0.15, -0.1) is 0 Å². The fraction of sp³-hybridized carbons (Fsp3) is 0.471. The monoisotopic (exact) mass is 600 g/mol. The van der Waals surface area contributed by atoms with Gasteiger partial charge in [0.25, 0.3) is 0 Å². The molecule has 44 heavy (non-hydrogen) atoms. The number of benzene rings is 2. The number of fused-ring (bicyclic) bond motifs is 2. The lowest BCUT2D eigenvalue weighted by molar-refractivity contribution is -0.126. The van der Waals surface area contributed by atoms with Gasteiger partial charge in [0.15, 0.2) is 0 Å². The lowest BCUT2D eigenvalue weighted by Gasteiger charge is -2.37. The van der Waals surface area contributed by atoms with Crippen LogP contribution in [0, 0.1) is 11.3 Å². The number of piperazine rings is 1. The first-order valence-electron chi connectivity index (χ1n) is 15.2. The van der Waals surface area contributed by atoms with Crippen molar-refractivity contribution in [3.8, 4) is 12.1 Å². The van der Waals surface area contributed by atoms with Gasteiger partial charge in [0.2, 0.25) is 5.91 Å². The highest BCUT2D eigenvalue weighted by molar-refractivity contribution is 5.88. The van der Waals surface area contributed by atoms with Crippen LogP contribution < -0.4 is 9.64 Å². The van der Waals surface area contributed by atoms with Gasteiger partial charge in [-0.05, 0) is 49.3 Å². The highest BCUT2D eigenvalue weighted by atomic mass is 16.5. The summed E-state index contributed by atoms with van der Waals surface area (Å²) < 4.78 is 16.8. The summed E-state index contributed by atoms with van der Waals surface area (Å²) in [7, 11) is 5.38. The fourth-order valence-electron chi connectivity index (χ4n) is 5.68. The predicted molar refractivity (Wildman–Crippen MR) is 172 cm³/mol. The third-order valence-corrected chi connectivity index (χ3v) is 7.95. The van der Waals surface area contributed by atoms with Gasteiger partial charge in [0, 0.05) is 58.3 Å². The van der Waals surface area contributed by atoms with Crippen molar-refractivity contribution in [1.82, 2.24) is 19.8 Å². The molecule has 1 unspecified atom stereocenters. The molecule has 3 aliphatic heterocycles. The maximum absolute atomic E-state index is 12.4. The Morgan fingerprint density at radius 1 is 1.05 bits per heavy atom. The Balaban J connectivity index is 0.000000427. The summed E-state index contributed by atoms with van der Waals surface area (Å²) in [4.78, 5) is 28.2. The van der Waals surface area contributed by atoms with E-state index in [-0.39, 0.29) is 12.0 Å². The van der Waals surface area contributed by atoms with Crippen LogP contribution in [0.1, 0.15) is 42.7 Å². The van der Waals surface area contributed by atoms with Gasteiger partial charge in [-0.2, -0.15) is 15.2 Å². The molecular formula is C34H44N6O4. The lowest BCUT2D eigenvalue weighted by atomic mass is 9.94. The first kappa shape index (κ1) is 32.9. The number of nitriles is 1.